The number of aliphatic hydroxyl groups excluding tert-OH is 1. The van der Waals surface area contributed by atoms with E-state index < -0.39 is 0 Å². The standard InChI is InChI=1S/C14H22N4O/c15-12-5-6-13(18-9-3-4-11(18)10-19)16-14(12)17-7-1-2-8-17/h5-6,11,19H,1-4,7-10,15H2. The van der Waals surface area contributed by atoms with Crippen LogP contribution < -0.4 is 15.5 Å². The molecule has 5 heteroatoms. The molecule has 2 saturated heterocycles. The van der Waals surface area contributed by atoms with Crippen molar-refractivity contribution in [3.63, 3.8) is 0 Å². The van der Waals surface area contributed by atoms with E-state index in [4.69, 9.17) is 10.7 Å². The predicted molar refractivity (Wildman–Crippen MR) is 77.6 cm³/mol. The number of nitrogens with zero attached hydrogens (tertiary/aromatic N) is 3. The first kappa shape index (κ1) is 12.5. The Morgan fingerprint density at radius 3 is 2.74 bits per heavy atom. The van der Waals surface area contributed by atoms with Crippen molar-refractivity contribution >= 4 is 17.3 Å². The third-order valence-electron chi connectivity index (χ3n) is 4.18. The van der Waals surface area contributed by atoms with Crippen molar-refractivity contribution < 1.29 is 5.11 Å². The smallest absolute Gasteiger partial charge is 0.154 e. The molecule has 1 unspecified atom stereocenters. The van der Waals surface area contributed by atoms with Crippen LogP contribution >= 0.6 is 0 Å². The van der Waals surface area contributed by atoms with E-state index in [-0.39, 0.29) is 12.6 Å². The highest BCUT2D eigenvalue weighted by Gasteiger charge is 2.26. The molecule has 19 heavy (non-hydrogen) atoms. The lowest BCUT2D eigenvalue weighted by Crippen LogP contribution is -2.33. The molecule has 5 nitrogen and oxygen atoms in total. The van der Waals surface area contributed by atoms with Gasteiger partial charge in [0.25, 0.3) is 0 Å². The van der Waals surface area contributed by atoms with Crippen molar-refractivity contribution in [2.24, 2.45) is 0 Å². The number of hydrogen-bond donors (Lipinski definition) is 2. The molecule has 1 atom stereocenters. The molecule has 1 aromatic heterocycles. The molecule has 2 aliphatic heterocycles. The van der Waals surface area contributed by atoms with Crippen molar-refractivity contribution in [3.8, 4) is 0 Å². The molecular formula is C14H22N4O. The van der Waals surface area contributed by atoms with Gasteiger partial charge in [-0.2, -0.15) is 0 Å². The normalized spacial score (nSPS) is 23.3. The van der Waals surface area contributed by atoms with E-state index in [0.29, 0.717) is 0 Å². The third-order valence-corrected chi connectivity index (χ3v) is 4.18. The lowest BCUT2D eigenvalue weighted by Gasteiger charge is -2.26. The quantitative estimate of drug-likeness (QED) is 0.857. The van der Waals surface area contributed by atoms with Crippen LogP contribution in [0, 0.1) is 0 Å². The van der Waals surface area contributed by atoms with Crippen LogP contribution in [0.2, 0.25) is 0 Å². The van der Waals surface area contributed by atoms with Gasteiger partial charge in [0, 0.05) is 19.6 Å². The Balaban J connectivity index is 1.88. The fourth-order valence-corrected chi connectivity index (χ4v) is 3.12. The van der Waals surface area contributed by atoms with Crippen LogP contribution in [0.25, 0.3) is 0 Å². The second-order valence-corrected chi connectivity index (χ2v) is 5.45. The zero-order chi connectivity index (χ0) is 13.2. The lowest BCUT2D eigenvalue weighted by atomic mass is 10.2. The molecule has 0 aromatic carbocycles. The van der Waals surface area contributed by atoms with Crippen molar-refractivity contribution in [2.45, 2.75) is 31.7 Å². The fraction of sp³-hybridized carbons (Fsp3) is 0.643. The Morgan fingerprint density at radius 2 is 2.00 bits per heavy atom. The van der Waals surface area contributed by atoms with E-state index in [1.165, 1.54) is 12.8 Å². The zero-order valence-corrected chi connectivity index (χ0v) is 11.3. The van der Waals surface area contributed by atoms with E-state index in [0.717, 1.165) is 49.8 Å². The Kier molecular flexibility index (Phi) is 3.46. The average molecular weight is 262 g/mol. The first-order valence-corrected chi connectivity index (χ1v) is 7.18. The van der Waals surface area contributed by atoms with Gasteiger partial charge in [-0.25, -0.2) is 4.98 Å². The second-order valence-electron chi connectivity index (χ2n) is 5.45. The highest BCUT2D eigenvalue weighted by Crippen LogP contribution is 2.30. The van der Waals surface area contributed by atoms with E-state index in [9.17, 15) is 5.11 Å². The number of nitrogen functional groups attached to an aromatic ring is 1. The molecule has 2 fully saturated rings. The summed E-state index contributed by atoms with van der Waals surface area (Å²) >= 11 is 0. The van der Waals surface area contributed by atoms with Gasteiger partial charge in [0.05, 0.1) is 18.3 Å². The Labute approximate surface area is 114 Å². The topological polar surface area (TPSA) is 65.6 Å². The number of aliphatic hydroxyl groups is 1. The van der Waals surface area contributed by atoms with Crippen LogP contribution in [0.15, 0.2) is 12.1 Å². The largest absolute Gasteiger partial charge is 0.396 e. The summed E-state index contributed by atoms with van der Waals surface area (Å²) < 4.78 is 0. The van der Waals surface area contributed by atoms with Gasteiger partial charge >= 0.3 is 0 Å². The van der Waals surface area contributed by atoms with Crippen LogP contribution in [0.3, 0.4) is 0 Å². The summed E-state index contributed by atoms with van der Waals surface area (Å²) in [5.41, 5.74) is 6.82. The van der Waals surface area contributed by atoms with E-state index in [1.54, 1.807) is 0 Å². The molecule has 0 bridgehead atoms. The SMILES string of the molecule is Nc1ccc(N2CCCC2CO)nc1N1CCCC1. The predicted octanol–water partition coefficient (Wildman–Crippen LogP) is 1.23. The van der Waals surface area contributed by atoms with E-state index in [2.05, 4.69) is 9.80 Å². The summed E-state index contributed by atoms with van der Waals surface area (Å²) in [5, 5.41) is 9.43. The Morgan fingerprint density at radius 1 is 1.21 bits per heavy atom. The van der Waals surface area contributed by atoms with Gasteiger partial charge in [0.1, 0.15) is 5.82 Å². The molecule has 3 heterocycles. The van der Waals surface area contributed by atoms with Crippen molar-refractivity contribution in [1.82, 2.24) is 4.98 Å². The number of hydrogen-bond acceptors (Lipinski definition) is 5. The van der Waals surface area contributed by atoms with Gasteiger partial charge in [0.2, 0.25) is 0 Å². The maximum absolute atomic E-state index is 9.43. The number of pyridine rings is 1. The summed E-state index contributed by atoms with van der Waals surface area (Å²) in [5.74, 6) is 1.87. The summed E-state index contributed by atoms with van der Waals surface area (Å²) in [6.07, 6.45) is 4.60. The minimum atomic E-state index is 0.200. The van der Waals surface area contributed by atoms with Gasteiger partial charge in [-0.1, -0.05) is 0 Å². The van der Waals surface area contributed by atoms with Gasteiger partial charge < -0.3 is 20.6 Å². The van der Waals surface area contributed by atoms with Crippen molar-refractivity contribution in [2.75, 3.05) is 41.8 Å². The van der Waals surface area contributed by atoms with Gasteiger partial charge in [0.15, 0.2) is 5.82 Å². The summed E-state index contributed by atoms with van der Waals surface area (Å²) in [4.78, 5) is 9.22. The number of anilines is 3. The molecule has 2 aliphatic rings. The van der Waals surface area contributed by atoms with Gasteiger partial charge in [-0.3, -0.25) is 0 Å². The third kappa shape index (κ3) is 2.34. The molecule has 0 saturated carbocycles. The highest BCUT2D eigenvalue weighted by molar-refractivity contribution is 5.66. The molecule has 1 aromatic rings. The van der Waals surface area contributed by atoms with Crippen LogP contribution in [0.1, 0.15) is 25.7 Å². The van der Waals surface area contributed by atoms with Crippen LogP contribution in [-0.2, 0) is 0 Å². The molecule has 104 valence electrons. The summed E-state index contributed by atoms with van der Waals surface area (Å²) in [6.45, 7) is 3.26. The van der Waals surface area contributed by atoms with Crippen molar-refractivity contribution in [1.29, 1.82) is 0 Å². The van der Waals surface area contributed by atoms with Gasteiger partial charge in [-0.05, 0) is 37.8 Å². The molecule has 0 spiro atoms. The number of aromatic nitrogens is 1. The maximum atomic E-state index is 9.43. The van der Waals surface area contributed by atoms with Gasteiger partial charge in [-0.15, -0.1) is 0 Å². The summed E-state index contributed by atoms with van der Waals surface area (Å²) in [6, 6.07) is 4.13. The molecule has 0 aliphatic carbocycles. The second kappa shape index (κ2) is 5.25. The van der Waals surface area contributed by atoms with Crippen LogP contribution in [0.4, 0.5) is 17.3 Å². The number of nitrogens with two attached hydrogens (primary N) is 1. The molecule has 3 N–H and O–H groups in total. The average Bonchev–Trinajstić information content (AvgIpc) is 3.10. The Bertz CT molecular complexity index is 445. The fourth-order valence-electron chi connectivity index (χ4n) is 3.12. The summed E-state index contributed by atoms with van der Waals surface area (Å²) in [7, 11) is 0. The van der Waals surface area contributed by atoms with E-state index in [1.807, 2.05) is 12.1 Å². The van der Waals surface area contributed by atoms with Crippen LogP contribution in [0.5, 0.6) is 0 Å². The van der Waals surface area contributed by atoms with E-state index >= 15 is 0 Å². The molecule has 0 amide bonds. The highest BCUT2D eigenvalue weighted by atomic mass is 16.3. The monoisotopic (exact) mass is 262 g/mol. The Hall–Kier alpha value is -1.49. The number of rotatable bonds is 3. The molecule has 3 rings (SSSR count). The molecule has 0 radical (unpaired) electrons. The zero-order valence-electron chi connectivity index (χ0n) is 11.3. The molecular weight excluding hydrogens is 240 g/mol. The lowest BCUT2D eigenvalue weighted by molar-refractivity contribution is 0.266. The first-order valence-electron chi connectivity index (χ1n) is 7.18. The van der Waals surface area contributed by atoms with Crippen molar-refractivity contribution in [3.05, 3.63) is 12.1 Å². The minimum absolute atomic E-state index is 0.200. The van der Waals surface area contributed by atoms with Crippen LogP contribution in [-0.4, -0.2) is 42.4 Å². The minimum Gasteiger partial charge on any atom is -0.396 e. The maximum Gasteiger partial charge on any atom is 0.154 e. The first-order chi connectivity index (χ1) is 9.29.